The summed E-state index contributed by atoms with van der Waals surface area (Å²) in [4.78, 5) is 28.0. The lowest BCUT2D eigenvalue weighted by Gasteiger charge is -2.16. The van der Waals surface area contributed by atoms with E-state index in [0.29, 0.717) is 11.4 Å². The van der Waals surface area contributed by atoms with Crippen molar-refractivity contribution in [1.29, 1.82) is 0 Å². The van der Waals surface area contributed by atoms with Crippen LogP contribution in [0, 0.1) is 0 Å². The molecule has 92 valence electrons. The van der Waals surface area contributed by atoms with E-state index in [1.54, 1.807) is 24.1 Å². The van der Waals surface area contributed by atoms with Crippen molar-refractivity contribution < 1.29 is 19.1 Å². The molecular formula is C11H14N2O4. The molecule has 1 aromatic heterocycles. The van der Waals surface area contributed by atoms with Crippen LogP contribution >= 0.6 is 0 Å². The highest BCUT2D eigenvalue weighted by atomic mass is 16.5. The lowest BCUT2D eigenvalue weighted by Crippen LogP contribution is -2.27. The third-order valence-electron chi connectivity index (χ3n) is 2.15. The maximum absolute atomic E-state index is 11.3. The highest BCUT2D eigenvalue weighted by Gasteiger charge is 2.11. The summed E-state index contributed by atoms with van der Waals surface area (Å²) in [5.41, 5.74) is 0.384. The first kappa shape index (κ1) is 13.0. The predicted octanol–water partition coefficient (Wildman–Crippen LogP) is 0.477. The van der Waals surface area contributed by atoms with E-state index in [1.165, 1.54) is 20.4 Å². The van der Waals surface area contributed by atoms with Crippen LogP contribution in [-0.4, -0.2) is 44.7 Å². The van der Waals surface area contributed by atoms with Gasteiger partial charge in [0.25, 0.3) is 0 Å². The minimum Gasteiger partial charge on any atom is -0.468 e. The van der Waals surface area contributed by atoms with Gasteiger partial charge in [0.15, 0.2) is 0 Å². The van der Waals surface area contributed by atoms with Crippen LogP contribution in [0.15, 0.2) is 18.3 Å². The first-order valence-electron chi connectivity index (χ1n) is 4.90. The molecule has 0 radical (unpaired) electrons. The van der Waals surface area contributed by atoms with Crippen molar-refractivity contribution >= 4 is 17.8 Å². The summed E-state index contributed by atoms with van der Waals surface area (Å²) in [6.07, 6.45) is 1.48. The zero-order valence-electron chi connectivity index (χ0n) is 9.97. The number of hydrogen-bond acceptors (Lipinski definition) is 6. The molecule has 0 spiro atoms. The minimum atomic E-state index is -0.444. The number of carbonyl (C=O) groups is 2. The second-order valence-electron chi connectivity index (χ2n) is 3.33. The molecule has 1 rings (SSSR count). The van der Waals surface area contributed by atoms with E-state index < -0.39 is 5.97 Å². The van der Waals surface area contributed by atoms with Gasteiger partial charge in [0.1, 0.15) is 12.4 Å². The Morgan fingerprint density at radius 1 is 1.35 bits per heavy atom. The Morgan fingerprint density at radius 2 is 2.06 bits per heavy atom. The summed E-state index contributed by atoms with van der Waals surface area (Å²) < 4.78 is 9.14. The predicted molar refractivity (Wildman–Crippen MR) is 60.9 cm³/mol. The van der Waals surface area contributed by atoms with E-state index in [0.717, 1.165) is 0 Å². The quantitative estimate of drug-likeness (QED) is 0.710. The fourth-order valence-corrected chi connectivity index (χ4v) is 1.21. The van der Waals surface area contributed by atoms with Crippen LogP contribution in [0.1, 0.15) is 10.4 Å². The van der Waals surface area contributed by atoms with Crippen molar-refractivity contribution in [3.8, 4) is 0 Å². The molecule has 0 saturated carbocycles. The van der Waals surface area contributed by atoms with Gasteiger partial charge in [0, 0.05) is 13.2 Å². The number of nitrogens with zero attached hydrogens (tertiary/aromatic N) is 2. The number of likely N-dealkylation sites (N-methyl/N-ethyl adjacent to an activating group) is 1. The fraction of sp³-hybridized carbons (Fsp3) is 0.364. The van der Waals surface area contributed by atoms with Crippen LogP contribution in [0.4, 0.5) is 5.82 Å². The van der Waals surface area contributed by atoms with Gasteiger partial charge in [-0.3, -0.25) is 4.79 Å². The second-order valence-corrected chi connectivity index (χ2v) is 3.33. The van der Waals surface area contributed by atoms with Crippen LogP contribution < -0.4 is 4.90 Å². The molecule has 1 heterocycles. The number of ether oxygens (including phenoxy) is 2. The van der Waals surface area contributed by atoms with Crippen LogP contribution in [0.25, 0.3) is 0 Å². The van der Waals surface area contributed by atoms with E-state index in [9.17, 15) is 9.59 Å². The van der Waals surface area contributed by atoms with Crippen molar-refractivity contribution in [3.05, 3.63) is 23.9 Å². The third kappa shape index (κ3) is 3.44. The normalized spacial score (nSPS) is 9.59. The molecule has 0 amide bonds. The van der Waals surface area contributed by atoms with Crippen LogP contribution in [0.3, 0.4) is 0 Å². The van der Waals surface area contributed by atoms with E-state index in [4.69, 9.17) is 0 Å². The maximum atomic E-state index is 11.3. The molecule has 0 aromatic carbocycles. The van der Waals surface area contributed by atoms with Gasteiger partial charge in [-0.1, -0.05) is 0 Å². The Balaban J connectivity index is 2.84. The number of carbonyl (C=O) groups excluding carboxylic acids is 2. The molecule has 6 nitrogen and oxygen atoms in total. The van der Waals surface area contributed by atoms with E-state index in [1.807, 2.05) is 0 Å². The average Bonchev–Trinajstić information content (AvgIpc) is 2.37. The molecule has 0 saturated heterocycles. The first-order valence-corrected chi connectivity index (χ1v) is 4.90. The molecule has 1 aromatic rings. The second kappa shape index (κ2) is 5.83. The number of anilines is 1. The minimum absolute atomic E-state index is 0.0636. The summed E-state index contributed by atoms with van der Waals surface area (Å²) in [5, 5.41) is 0. The molecule has 0 aliphatic heterocycles. The van der Waals surface area contributed by atoms with E-state index in [2.05, 4.69) is 14.5 Å². The number of esters is 2. The Hall–Kier alpha value is -2.11. The highest BCUT2D eigenvalue weighted by Crippen LogP contribution is 2.11. The molecule has 0 atom stereocenters. The largest absolute Gasteiger partial charge is 0.468 e. The summed E-state index contributed by atoms with van der Waals surface area (Å²) in [6.45, 7) is 0.0636. The van der Waals surface area contributed by atoms with Crippen molar-refractivity contribution in [2.75, 3.05) is 32.7 Å². The smallest absolute Gasteiger partial charge is 0.338 e. The summed E-state index contributed by atoms with van der Waals surface area (Å²) in [6, 6.07) is 3.09. The van der Waals surface area contributed by atoms with Gasteiger partial charge in [-0.05, 0) is 12.1 Å². The van der Waals surface area contributed by atoms with E-state index in [-0.39, 0.29) is 12.5 Å². The number of rotatable bonds is 4. The molecule has 0 aliphatic carbocycles. The molecule has 0 N–H and O–H groups in total. The van der Waals surface area contributed by atoms with Gasteiger partial charge in [-0.15, -0.1) is 0 Å². The molecule has 6 heteroatoms. The monoisotopic (exact) mass is 238 g/mol. The first-order chi connectivity index (χ1) is 8.08. The lowest BCUT2D eigenvalue weighted by atomic mass is 10.2. The zero-order valence-corrected chi connectivity index (χ0v) is 9.97. The molecular weight excluding hydrogens is 224 g/mol. The van der Waals surface area contributed by atoms with Crippen molar-refractivity contribution in [1.82, 2.24) is 4.98 Å². The Kier molecular flexibility index (Phi) is 4.45. The summed E-state index contributed by atoms with van der Waals surface area (Å²) in [5.74, 6) is -0.323. The molecule has 0 aliphatic rings. The Labute approximate surface area is 99.2 Å². The topological polar surface area (TPSA) is 68.7 Å². The third-order valence-corrected chi connectivity index (χ3v) is 2.15. The van der Waals surface area contributed by atoms with Gasteiger partial charge in [0.2, 0.25) is 0 Å². The number of pyridine rings is 1. The molecule has 0 unspecified atom stereocenters. The summed E-state index contributed by atoms with van der Waals surface area (Å²) >= 11 is 0. The number of hydrogen-bond donors (Lipinski definition) is 0. The van der Waals surface area contributed by atoms with Crippen LogP contribution in [-0.2, 0) is 14.3 Å². The van der Waals surface area contributed by atoms with Crippen molar-refractivity contribution in [2.45, 2.75) is 0 Å². The van der Waals surface area contributed by atoms with Crippen molar-refractivity contribution in [3.63, 3.8) is 0 Å². The Bertz CT molecular complexity index is 420. The summed E-state index contributed by atoms with van der Waals surface area (Å²) in [7, 11) is 4.30. The fourth-order valence-electron chi connectivity index (χ4n) is 1.21. The van der Waals surface area contributed by atoms with Crippen LogP contribution in [0.5, 0.6) is 0 Å². The van der Waals surface area contributed by atoms with Gasteiger partial charge < -0.3 is 14.4 Å². The standard InChI is InChI=1S/C11H14N2O4/c1-13(7-10(14)16-2)9-6-8(4-5-12-9)11(15)17-3/h4-6H,7H2,1-3H3. The SMILES string of the molecule is COC(=O)CN(C)c1cc(C(=O)OC)ccn1. The van der Waals surface area contributed by atoms with Gasteiger partial charge in [-0.2, -0.15) is 0 Å². The Morgan fingerprint density at radius 3 is 2.65 bits per heavy atom. The molecule has 17 heavy (non-hydrogen) atoms. The van der Waals surface area contributed by atoms with E-state index >= 15 is 0 Å². The van der Waals surface area contributed by atoms with Gasteiger partial charge >= 0.3 is 11.9 Å². The molecule has 0 bridgehead atoms. The number of aromatic nitrogens is 1. The lowest BCUT2D eigenvalue weighted by molar-refractivity contribution is -0.138. The maximum Gasteiger partial charge on any atom is 0.338 e. The van der Waals surface area contributed by atoms with Gasteiger partial charge in [-0.25, -0.2) is 9.78 Å². The van der Waals surface area contributed by atoms with Crippen molar-refractivity contribution in [2.24, 2.45) is 0 Å². The average molecular weight is 238 g/mol. The number of methoxy groups -OCH3 is 2. The van der Waals surface area contributed by atoms with Gasteiger partial charge in [0.05, 0.1) is 19.8 Å². The zero-order chi connectivity index (χ0) is 12.8. The highest BCUT2D eigenvalue weighted by molar-refractivity contribution is 5.90. The van der Waals surface area contributed by atoms with Crippen LogP contribution in [0.2, 0.25) is 0 Å². The molecule has 0 fully saturated rings.